The molecule has 0 fully saturated rings. The number of ether oxygens (including phenoxy) is 1. The molecule has 7 heteroatoms. The Kier molecular flexibility index (Phi) is 4.80. The fourth-order valence-corrected chi connectivity index (χ4v) is 3.02. The van der Waals surface area contributed by atoms with Crippen molar-refractivity contribution in [3.8, 4) is 17.2 Å². The number of rotatable bonds is 6. The summed E-state index contributed by atoms with van der Waals surface area (Å²) in [6.07, 6.45) is 1.89. The molecule has 28 heavy (non-hydrogen) atoms. The Morgan fingerprint density at radius 2 is 1.96 bits per heavy atom. The highest BCUT2D eigenvalue weighted by atomic mass is 16.5. The minimum atomic E-state index is -0.110. The van der Waals surface area contributed by atoms with Gasteiger partial charge in [0.1, 0.15) is 12.3 Å². The molecule has 4 aromatic rings. The molecule has 2 aromatic carbocycles. The van der Waals surface area contributed by atoms with Gasteiger partial charge in [-0.1, -0.05) is 6.07 Å². The molecule has 1 N–H and O–H groups in total. The molecule has 2 aromatic heterocycles. The predicted molar refractivity (Wildman–Crippen MR) is 106 cm³/mol. The lowest BCUT2D eigenvalue weighted by Crippen LogP contribution is -2.18. The molecule has 0 spiro atoms. The lowest BCUT2D eigenvalue weighted by atomic mass is 10.1. The number of benzene rings is 2. The van der Waals surface area contributed by atoms with Crippen molar-refractivity contribution in [2.24, 2.45) is 0 Å². The number of aromatic nitrogens is 3. The van der Waals surface area contributed by atoms with Crippen LogP contribution in [0.1, 0.15) is 12.8 Å². The zero-order valence-electron chi connectivity index (χ0n) is 15.7. The summed E-state index contributed by atoms with van der Waals surface area (Å²) in [5, 5.41) is 11.9. The predicted octanol–water partition coefficient (Wildman–Crippen LogP) is 4.04. The molecule has 0 aliphatic rings. The molecule has 2 heterocycles. The Morgan fingerprint density at radius 3 is 2.68 bits per heavy atom. The second-order valence-electron chi connectivity index (χ2n) is 6.35. The van der Waals surface area contributed by atoms with Crippen LogP contribution in [0.2, 0.25) is 0 Å². The number of amides is 1. The summed E-state index contributed by atoms with van der Waals surface area (Å²) < 4.78 is 12.8. The van der Waals surface area contributed by atoms with Gasteiger partial charge in [-0.05, 0) is 54.8 Å². The quantitative estimate of drug-likeness (QED) is 0.549. The van der Waals surface area contributed by atoms with E-state index in [1.165, 1.54) is 0 Å². The van der Waals surface area contributed by atoms with Gasteiger partial charge >= 0.3 is 0 Å². The molecular weight excluding hydrogens is 356 g/mol. The van der Waals surface area contributed by atoms with E-state index in [1.807, 2.05) is 66.2 Å². The van der Waals surface area contributed by atoms with E-state index in [-0.39, 0.29) is 12.5 Å². The molecule has 0 radical (unpaired) electrons. The highest BCUT2D eigenvalue weighted by Crippen LogP contribution is 2.24. The second kappa shape index (κ2) is 7.56. The molecule has 7 nitrogen and oxygen atoms in total. The average molecular weight is 376 g/mol. The zero-order valence-corrected chi connectivity index (χ0v) is 15.7. The topological polar surface area (TPSA) is 82.2 Å². The van der Waals surface area contributed by atoms with E-state index in [9.17, 15) is 4.79 Å². The summed E-state index contributed by atoms with van der Waals surface area (Å²) in [6.45, 7) is 4.49. The van der Waals surface area contributed by atoms with E-state index in [4.69, 9.17) is 9.15 Å². The first-order chi connectivity index (χ1) is 13.6. The van der Waals surface area contributed by atoms with E-state index < -0.39 is 0 Å². The van der Waals surface area contributed by atoms with Crippen molar-refractivity contribution in [3.05, 3.63) is 60.6 Å². The van der Waals surface area contributed by atoms with Crippen LogP contribution in [-0.2, 0) is 11.3 Å². The van der Waals surface area contributed by atoms with Crippen LogP contribution in [0.15, 0.2) is 59.1 Å². The molecule has 1 amide bonds. The van der Waals surface area contributed by atoms with Crippen molar-refractivity contribution in [2.45, 2.75) is 20.4 Å². The Balaban J connectivity index is 1.51. The fourth-order valence-electron chi connectivity index (χ4n) is 3.02. The van der Waals surface area contributed by atoms with E-state index in [0.717, 1.165) is 27.9 Å². The van der Waals surface area contributed by atoms with Crippen LogP contribution in [0, 0.1) is 6.92 Å². The van der Waals surface area contributed by atoms with E-state index in [1.54, 1.807) is 6.92 Å². The lowest BCUT2D eigenvalue weighted by molar-refractivity contribution is -0.116. The third-order valence-electron chi connectivity index (χ3n) is 4.31. The summed E-state index contributed by atoms with van der Waals surface area (Å²) in [6, 6.07) is 15.2. The molecule has 142 valence electrons. The molecule has 0 saturated carbocycles. The van der Waals surface area contributed by atoms with Crippen LogP contribution in [0.3, 0.4) is 0 Å². The fraction of sp³-hybridized carbons (Fsp3) is 0.190. The summed E-state index contributed by atoms with van der Waals surface area (Å²) >= 11 is 0. The van der Waals surface area contributed by atoms with Crippen LogP contribution in [0.25, 0.3) is 22.4 Å². The standard InChI is InChI=1S/C21H20N4O3/c1-3-27-18-8-6-17(7-9-18)22-20(26)13-25-11-10-15-4-5-16(12-19(15)25)21-24-23-14(2)28-21/h4-12H,3,13H2,1-2H3,(H,22,26). The average Bonchev–Trinajstić information content (AvgIpc) is 3.30. The van der Waals surface area contributed by atoms with Crippen molar-refractivity contribution in [1.29, 1.82) is 0 Å². The van der Waals surface area contributed by atoms with Crippen LogP contribution in [-0.4, -0.2) is 27.3 Å². The molecule has 0 bridgehead atoms. The number of nitrogens with zero attached hydrogens (tertiary/aromatic N) is 3. The summed E-state index contributed by atoms with van der Waals surface area (Å²) in [4.78, 5) is 12.5. The summed E-state index contributed by atoms with van der Waals surface area (Å²) in [5.74, 6) is 1.65. The first kappa shape index (κ1) is 17.8. The van der Waals surface area contributed by atoms with Gasteiger partial charge in [0.25, 0.3) is 0 Å². The number of aryl methyl sites for hydroxylation is 1. The first-order valence-electron chi connectivity index (χ1n) is 9.04. The van der Waals surface area contributed by atoms with Crippen LogP contribution < -0.4 is 10.1 Å². The van der Waals surface area contributed by atoms with Crippen molar-refractivity contribution in [3.63, 3.8) is 0 Å². The van der Waals surface area contributed by atoms with E-state index in [2.05, 4.69) is 15.5 Å². The van der Waals surface area contributed by atoms with E-state index in [0.29, 0.717) is 18.4 Å². The normalized spacial score (nSPS) is 10.9. The number of hydrogen-bond donors (Lipinski definition) is 1. The smallest absolute Gasteiger partial charge is 0.247 e. The minimum Gasteiger partial charge on any atom is -0.494 e. The van der Waals surface area contributed by atoms with Crippen LogP contribution in [0.4, 0.5) is 5.69 Å². The van der Waals surface area contributed by atoms with Crippen molar-refractivity contribution >= 4 is 22.5 Å². The van der Waals surface area contributed by atoms with Gasteiger partial charge in [0, 0.05) is 29.9 Å². The summed E-state index contributed by atoms with van der Waals surface area (Å²) in [5.41, 5.74) is 2.47. The maximum absolute atomic E-state index is 12.5. The lowest BCUT2D eigenvalue weighted by Gasteiger charge is -2.09. The van der Waals surface area contributed by atoms with Gasteiger partial charge in [-0.25, -0.2) is 0 Å². The summed E-state index contributed by atoms with van der Waals surface area (Å²) in [7, 11) is 0. The second-order valence-corrected chi connectivity index (χ2v) is 6.35. The number of nitrogens with one attached hydrogen (secondary N) is 1. The molecule has 0 unspecified atom stereocenters. The molecule has 4 rings (SSSR count). The van der Waals surface area contributed by atoms with Gasteiger partial charge in [0.05, 0.1) is 6.61 Å². The highest BCUT2D eigenvalue weighted by Gasteiger charge is 2.11. The number of fused-ring (bicyclic) bond motifs is 1. The number of carbonyl (C=O) groups is 1. The number of anilines is 1. The van der Waals surface area contributed by atoms with Crippen LogP contribution in [0.5, 0.6) is 5.75 Å². The highest BCUT2D eigenvalue weighted by molar-refractivity contribution is 5.92. The Labute approximate surface area is 161 Å². The molecule has 0 saturated heterocycles. The van der Waals surface area contributed by atoms with Crippen LogP contribution >= 0.6 is 0 Å². The van der Waals surface area contributed by atoms with Crippen molar-refractivity contribution < 1.29 is 13.9 Å². The number of carbonyl (C=O) groups excluding carboxylic acids is 1. The molecular formula is C21H20N4O3. The third kappa shape index (κ3) is 3.73. The Bertz CT molecular complexity index is 1110. The Morgan fingerprint density at radius 1 is 1.14 bits per heavy atom. The zero-order chi connectivity index (χ0) is 19.5. The van der Waals surface area contributed by atoms with Gasteiger partial charge in [-0.3, -0.25) is 4.79 Å². The minimum absolute atomic E-state index is 0.110. The van der Waals surface area contributed by atoms with Gasteiger partial charge in [-0.2, -0.15) is 0 Å². The Hall–Kier alpha value is -3.61. The SMILES string of the molecule is CCOc1ccc(NC(=O)Cn2ccc3ccc(-c4nnc(C)o4)cc32)cc1. The van der Waals surface area contributed by atoms with Gasteiger partial charge in [0.15, 0.2) is 0 Å². The van der Waals surface area contributed by atoms with Gasteiger partial charge in [-0.15, -0.1) is 10.2 Å². The monoisotopic (exact) mass is 376 g/mol. The largest absolute Gasteiger partial charge is 0.494 e. The van der Waals surface area contributed by atoms with Crippen molar-refractivity contribution in [2.75, 3.05) is 11.9 Å². The van der Waals surface area contributed by atoms with Gasteiger partial charge in [0.2, 0.25) is 17.7 Å². The third-order valence-corrected chi connectivity index (χ3v) is 4.31. The maximum Gasteiger partial charge on any atom is 0.247 e. The first-order valence-corrected chi connectivity index (χ1v) is 9.04. The molecule has 0 aliphatic heterocycles. The van der Waals surface area contributed by atoms with Gasteiger partial charge < -0.3 is 19.0 Å². The molecule has 0 aliphatic carbocycles. The molecule has 0 atom stereocenters. The maximum atomic E-state index is 12.5. The van der Waals surface area contributed by atoms with E-state index >= 15 is 0 Å². The number of hydrogen-bond acceptors (Lipinski definition) is 5. The van der Waals surface area contributed by atoms with Crippen molar-refractivity contribution in [1.82, 2.24) is 14.8 Å².